The van der Waals surface area contributed by atoms with Gasteiger partial charge < -0.3 is 0 Å². The van der Waals surface area contributed by atoms with Crippen LogP contribution in [0.25, 0.3) is 0 Å². The first-order valence-corrected chi connectivity index (χ1v) is 11.4. The SMILES string of the molecule is N#C[C@@H](C(=O)c1cc(S(=O)(=O)N2CCc3ccccc3C2)ccc1Cl)c1ccccn1. The van der Waals surface area contributed by atoms with Crippen LogP contribution >= 0.6 is 11.6 Å². The first-order chi connectivity index (χ1) is 14.9. The molecule has 0 bridgehead atoms. The Kier molecular flexibility index (Phi) is 5.88. The molecule has 1 aliphatic heterocycles. The summed E-state index contributed by atoms with van der Waals surface area (Å²) in [7, 11) is -3.85. The Labute approximate surface area is 185 Å². The molecule has 2 heterocycles. The maximum absolute atomic E-state index is 13.3. The zero-order chi connectivity index (χ0) is 22.0. The van der Waals surface area contributed by atoms with Crippen LogP contribution < -0.4 is 0 Å². The van der Waals surface area contributed by atoms with Crippen molar-refractivity contribution in [2.75, 3.05) is 6.54 Å². The molecule has 2 aromatic carbocycles. The second kappa shape index (κ2) is 8.60. The average molecular weight is 452 g/mol. The van der Waals surface area contributed by atoms with Gasteiger partial charge in [0.1, 0.15) is 0 Å². The van der Waals surface area contributed by atoms with Crippen molar-refractivity contribution < 1.29 is 13.2 Å². The van der Waals surface area contributed by atoms with E-state index in [1.807, 2.05) is 30.3 Å². The van der Waals surface area contributed by atoms with E-state index in [-0.39, 0.29) is 27.7 Å². The molecule has 1 aromatic heterocycles. The minimum atomic E-state index is -3.85. The molecule has 0 fully saturated rings. The minimum absolute atomic E-state index is 0.0163. The molecule has 0 radical (unpaired) electrons. The molecule has 4 rings (SSSR count). The molecule has 31 heavy (non-hydrogen) atoms. The molecule has 156 valence electrons. The topological polar surface area (TPSA) is 91.1 Å². The molecule has 3 aromatic rings. The fourth-order valence-electron chi connectivity index (χ4n) is 3.64. The highest BCUT2D eigenvalue weighted by Gasteiger charge is 2.31. The third kappa shape index (κ3) is 4.10. The number of sulfonamides is 1. The molecule has 0 unspecified atom stereocenters. The largest absolute Gasteiger partial charge is 0.292 e. The maximum atomic E-state index is 13.3. The Morgan fingerprint density at radius 2 is 1.84 bits per heavy atom. The zero-order valence-corrected chi connectivity index (χ0v) is 18.0. The number of carbonyl (C=O) groups excluding carboxylic acids is 1. The van der Waals surface area contributed by atoms with Gasteiger partial charge in [0.2, 0.25) is 10.0 Å². The standard InChI is InChI=1S/C23H18ClN3O3S/c24-21-9-8-18(13-19(21)23(28)20(14-25)22-7-3-4-11-26-22)31(29,30)27-12-10-16-5-1-2-6-17(16)15-27/h1-9,11,13,20H,10,12,15H2/t20-/m1/s1. The number of fused-ring (bicyclic) bond motifs is 1. The number of halogens is 1. The number of carbonyl (C=O) groups is 1. The molecule has 6 nitrogen and oxygen atoms in total. The van der Waals surface area contributed by atoms with Crippen LogP contribution in [-0.2, 0) is 23.0 Å². The van der Waals surface area contributed by atoms with E-state index in [0.717, 1.165) is 11.1 Å². The predicted molar refractivity (Wildman–Crippen MR) is 116 cm³/mol. The molecule has 1 aliphatic rings. The van der Waals surface area contributed by atoms with Gasteiger partial charge >= 0.3 is 0 Å². The second-order valence-electron chi connectivity index (χ2n) is 7.18. The van der Waals surface area contributed by atoms with Crippen LogP contribution in [0.1, 0.15) is 33.1 Å². The smallest absolute Gasteiger partial charge is 0.243 e. The van der Waals surface area contributed by atoms with Gasteiger partial charge in [-0.2, -0.15) is 9.57 Å². The number of nitrogens with zero attached hydrogens (tertiary/aromatic N) is 3. The first-order valence-electron chi connectivity index (χ1n) is 9.63. The Morgan fingerprint density at radius 1 is 1.10 bits per heavy atom. The van der Waals surface area contributed by atoms with Gasteiger partial charge in [0.15, 0.2) is 11.7 Å². The van der Waals surface area contributed by atoms with Gasteiger partial charge in [-0.05, 0) is 47.9 Å². The third-order valence-corrected chi connectivity index (χ3v) is 7.48. The maximum Gasteiger partial charge on any atom is 0.243 e. The normalized spacial score (nSPS) is 15.0. The monoisotopic (exact) mass is 451 g/mol. The lowest BCUT2D eigenvalue weighted by molar-refractivity contribution is 0.0977. The van der Waals surface area contributed by atoms with Gasteiger partial charge in [0, 0.05) is 24.8 Å². The van der Waals surface area contributed by atoms with Crippen LogP contribution in [0, 0.1) is 11.3 Å². The van der Waals surface area contributed by atoms with E-state index in [9.17, 15) is 18.5 Å². The highest BCUT2D eigenvalue weighted by atomic mass is 35.5. The molecular formula is C23H18ClN3O3S. The van der Waals surface area contributed by atoms with Crippen LogP contribution in [0.3, 0.4) is 0 Å². The van der Waals surface area contributed by atoms with Gasteiger partial charge in [-0.25, -0.2) is 8.42 Å². The number of ketones is 1. The lowest BCUT2D eigenvalue weighted by Crippen LogP contribution is -2.36. The molecular weight excluding hydrogens is 434 g/mol. The highest BCUT2D eigenvalue weighted by Crippen LogP contribution is 2.30. The number of aromatic nitrogens is 1. The summed E-state index contributed by atoms with van der Waals surface area (Å²) in [5.41, 5.74) is 2.36. The Balaban J connectivity index is 1.68. The summed E-state index contributed by atoms with van der Waals surface area (Å²) in [5, 5.41) is 9.63. The van der Waals surface area contributed by atoms with Crippen LogP contribution in [0.4, 0.5) is 0 Å². The number of pyridine rings is 1. The minimum Gasteiger partial charge on any atom is -0.292 e. The molecule has 1 atom stereocenters. The molecule has 0 saturated heterocycles. The molecule has 8 heteroatoms. The second-order valence-corrected chi connectivity index (χ2v) is 9.53. The van der Waals surface area contributed by atoms with Crippen molar-refractivity contribution in [1.29, 1.82) is 5.26 Å². The number of Topliss-reactive ketones (excluding diaryl/α,β-unsaturated/α-hetero) is 1. The summed E-state index contributed by atoms with van der Waals surface area (Å²) in [6, 6.07) is 18.6. The number of benzene rings is 2. The zero-order valence-electron chi connectivity index (χ0n) is 16.4. The summed E-state index contributed by atoms with van der Waals surface area (Å²) >= 11 is 6.22. The van der Waals surface area contributed by atoms with Gasteiger partial charge in [-0.15, -0.1) is 0 Å². The van der Waals surface area contributed by atoms with Crippen molar-refractivity contribution in [3.63, 3.8) is 0 Å². The van der Waals surface area contributed by atoms with Crippen molar-refractivity contribution in [2.24, 2.45) is 0 Å². The Hall–Kier alpha value is -3.05. The van der Waals surface area contributed by atoms with Crippen molar-refractivity contribution in [2.45, 2.75) is 23.8 Å². The number of nitriles is 1. The van der Waals surface area contributed by atoms with Gasteiger partial charge in [0.05, 0.1) is 21.7 Å². The molecule has 0 amide bonds. The fraction of sp³-hybridized carbons (Fsp3) is 0.174. The van der Waals surface area contributed by atoms with Crippen molar-refractivity contribution in [3.05, 3.63) is 94.3 Å². The van der Waals surface area contributed by atoms with Crippen molar-refractivity contribution >= 4 is 27.4 Å². The fourth-order valence-corrected chi connectivity index (χ4v) is 5.30. The quantitative estimate of drug-likeness (QED) is 0.547. The molecule has 0 N–H and O–H groups in total. The molecule has 0 saturated carbocycles. The summed E-state index contributed by atoms with van der Waals surface area (Å²) in [6.45, 7) is 0.610. The van der Waals surface area contributed by atoms with Crippen molar-refractivity contribution in [3.8, 4) is 6.07 Å². The van der Waals surface area contributed by atoms with E-state index < -0.39 is 21.7 Å². The van der Waals surface area contributed by atoms with E-state index >= 15 is 0 Å². The van der Waals surface area contributed by atoms with Crippen molar-refractivity contribution in [1.82, 2.24) is 9.29 Å². The van der Waals surface area contributed by atoms with E-state index in [0.29, 0.717) is 13.0 Å². The average Bonchev–Trinajstić information content (AvgIpc) is 2.80. The van der Waals surface area contributed by atoms with E-state index in [4.69, 9.17) is 11.6 Å². The van der Waals surface area contributed by atoms with Crippen LogP contribution in [0.15, 0.2) is 71.8 Å². The number of hydrogen-bond donors (Lipinski definition) is 0. The van der Waals surface area contributed by atoms with Crippen LogP contribution in [-0.4, -0.2) is 30.0 Å². The Morgan fingerprint density at radius 3 is 2.55 bits per heavy atom. The number of hydrogen-bond acceptors (Lipinski definition) is 5. The first kappa shape index (κ1) is 21.2. The van der Waals surface area contributed by atoms with Crippen LogP contribution in [0.5, 0.6) is 0 Å². The van der Waals surface area contributed by atoms with Gasteiger partial charge in [-0.3, -0.25) is 9.78 Å². The number of rotatable bonds is 5. The van der Waals surface area contributed by atoms with E-state index in [1.165, 1.54) is 28.7 Å². The van der Waals surface area contributed by atoms with Crippen LogP contribution in [0.2, 0.25) is 5.02 Å². The van der Waals surface area contributed by atoms with E-state index in [1.54, 1.807) is 18.2 Å². The Bertz CT molecular complexity index is 1290. The highest BCUT2D eigenvalue weighted by molar-refractivity contribution is 7.89. The summed E-state index contributed by atoms with van der Waals surface area (Å²) in [6.07, 6.45) is 2.11. The lowest BCUT2D eigenvalue weighted by atomic mass is 9.95. The summed E-state index contributed by atoms with van der Waals surface area (Å²) < 4.78 is 28.0. The molecule has 0 aliphatic carbocycles. The third-order valence-electron chi connectivity index (χ3n) is 5.31. The predicted octanol–water partition coefficient (Wildman–Crippen LogP) is 3.97. The summed E-state index contributed by atoms with van der Waals surface area (Å²) in [4.78, 5) is 17.1. The molecule has 0 spiro atoms. The summed E-state index contributed by atoms with van der Waals surface area (Å²) in [5.74, 6) is -1.77. The van der Waals surface area contributed by atoms with Gasteiger partial charge in [-0.1, -0.05) is 41.9 Å². The van der Waals surface area contributed by atoms with Gasteiger partial charge in [0.25, 0.3) is 0 Å². The van der Waals surface area contributed by atoms with E-state index in [2.05, 4.69) is 4.98 Å². The lowest BCUT2D eigenvalue weighted by Gasteiger charge is -2.28.